The Morgan fingerprint density at radius 1 is 1.86 bits per heavy atom. The highest BCUT2D eigenvalue weighted by Crippen LogP contribution is 2.12. The SMILES string of the molecule is Cc1cn[nH]c1C(=O)N1C[C@@H](O)CO1. The molecule has 6 nitrogen and oxygen atoms in total. The van der Waals surface area contributed by atoms with Gasteiger partial charge in [-0.3, -0.25) is 14.7 Å². The van der Waals surface area contributed by atoms with Gasteiger partial charge in [0.2, 0.25) is 0 Å². The number of rotatable bonds is 1. The van der Waals surface area contributed by atoms with Gasteiger partial charge in [0.15, 0.2) is 0 Å². The van der Waals surface area contributed by atoms with Gasteiger partial charge in [-0.25, -0.2) is 5.06 Å². The molecule has 14 heavy (non-hydrogen) atoms. The van der Waals surface area contributed by atoms with Crippen LogP contribution in [0.15, 0.2) is 6.20 Å². The topological polar surface area (TPSA) is 78.5 Å². The largest absolute Gasteiger partial charge is 0.389 e. The van der Waals surface area contributed by atoms with Crippen molar-refractivity contribution in [2.75, 3.05) is 13.2 Å². The molecule has 0 unspecified atom stereocenters. The van der Waals surface area contributed by atoms with Gasteiger partial charge in [0.05, 0.1) is 12.7 Å². The Hall–Kier alpha value is -1.40. The zero-order valence-electron chi connectivity index (χ0n) is 7.73. The van der Waals surface area contributed by atoms with Crippen LogP contribution in [-0.2, 0) is 4.84 Å². The highest BCUT2D eigenvalue weighted by molar-refractivity contribution is 5.92. The van der Waals surface area contributed by atoms with E-state index >= 15 is 0 Å². The van der Waals surface area contributed by atoms with Crippen molar-refractivity contribution in [1.82, 2.24) is 15.3 Å². The molecule has 1 fully saturated rings. The molecule has 0 radical (unpaired) electrons. The highest BCUT2D eigenvalue weighted by atomic mass is 16.7. The lowest BCUT2D eigenvalue weighted by atomic mass is 10.2. The van der Waals surface area contributed by atoms with Crippen molar-refractivity contribution in [3.63, 3.8) is 0 Å². The van der Waals surface area contributed by atoms with Crippen LogP contribution in [0.4, 0.5) is 0 Å². The van der Waals surface area contributed by atoms with Gasteiger partial charge in [0, 0.05) is 0 Å². The number of nitrogens with zero attached hydrogens (tertiary/aromatic N) is 2. The molecule has 1 atom stereocenters. The fraction of sp³-hybridized carbons (Fsp3) is 0.500. The Morgan fingerprint density at radius 2 is 2.64 bits per heavy atom. The molecule has 0 saturated carbocycles. The standard InChI is InChI=1S/C8H11N3O3/c1-5-2-9-10-7(5)8(13)11-3-6(12)4-14-11/h2,6,12H,3-4H2,1H3,(H,9,10)/t6-/m1/s1. The third kappa shape index (κ3) is 1.49. The van der Waals surface area contributed by atoms with E-state index in [9.17, 15) is 9.90 Å². The maximum Gasteiger partial charge on any atom is 0.295 e. The molecule has 0 spiro atoms. The van der Waals surface area contributed by atoms with Crippen molar-refractivity contribution in [1.29, 1.82) is 0 Å². The van der Waals surface area contributed by atoms with Gasteiger partial charge in [-0.05, 0) is 12.5 Å². The Kier molecular flexibility index (Phi) is 2.22. The first-order valence-corrected chi connectivity index (χ1v) is 4.31. The summed E-state index contributed by atoms with van der Waals surface area (Å²) in [6.45, 7) is 2.15. The number of carbonyl (C=O) groups is 1. The van der Waals surface area contributed by atoms with E-state index in [0.29, 0.717) is 5.69 Å². The summed E-state index contributed by atoms with van der Waals surface area (Å²) in [5.74, 6) is -0.295. The van der Waals surface area contributed by atoms with Crippen LogP contribution in [0.5, 0.6) is 0 Å². The molecule has 76 valence electrons. The van der Waals surface area contributed by atoms with Crippen molar-refractivity contribution in [3.05, 3.63) is 17.5 Å². The molecule has 6 heteroatoms. The zero-order valence-corrected chi connectivity index (χ0v) is 7.73. The van der Waals surface area contributed by atoms with Gasteiger partial charge >= 0.3 is 0 Å². The Balaban J connectivity index is 2.13. The summed E-state index contributed by atoms with van der Waals surface area (Å²) >= 11 is 0. The molecular weight excluding hydrogens is 186 g/mol. The van der Waals surface area contributed by atoms with E-state index in [1.165, 1.54) is 0 Å². The van der Waals surface area contributed by atoms with E-state index in [0.717, 1.165) is 10.6 Å². The lowest BCUT2D eigenvalue weighted by Gasteiger charge is -2.12. The van der Waals surface area contributed by atoms with Crippen LogP contribution in [0, 0.1) is 6.92 Å². The molecule has 1 aliphatic heterocycles. The van der Waals surface area contributed by atoms with E-state index in [1.54, 1.807) is 13.1 Å². The predicted octanol–water partition coefficient (Wildman–Crippen LogP) is -0.534. The van der Waals surface area contributed by atoms with Crippen LogP contribution < -0.4 is 0 Å². The van der Waals surface area contributed by atoms with Crippen molar-refractivity contribution < 1.29 is 14.7 Å². The predicted molar refractivity (Wildman–Crippen MR) is 46.3 cm³/mol. The van der Waals surface area contributed by atoms with Crippen LogP contribution in [0.3, 0.4) is 0 Å². The number of carbonyl (C=O) groups excluding carboxylic acids is 1. The summed E-state index contributed by atoms with van der Waals surface area (Å²) in [6.07, 6.45) is 0.974. The smallest absolute Gasteiger partial charge is 0.295 e. The second kappa shape index (κ2) is 3.39. The molecule has 1 aliphatic rings. The molecule has 1 aromatic rings. The fourth-order valence-electron chi connectivity index (χ4n) is 1.30. The molecular formula is C8H11N3O3. The lowest BCUT2D eigenvalue weighted by Crippen LogP contribution is -2.29. The van der Waals surface area contributed by atoms with Gasteiger partial charge in [0.1, 0.15) is 18.4 Å². The average molecular weight is 197 g/mol. The van der Waals surface area contributed by atoms with Crippen molar-refractivity contribution in [3.8, 4) is 0 Å². The maximum atomic E-state index is 11.7. The number of aliphatic hydroxyl groups is 1. The molecule has 0 bridgehead atoms. The number of aromatic nitrogens is 2. The summed E-state index contributed by atoms with van der Waals surface area (Å²) in [5.41, 5.74) is 1.17. The first-order chi connectivity index (χ1) is 6.68. The number of H-pyrrole nitrogens is 1. The molecule has 2 rings (SSSR count). The molecule has 1 aromatic heterocycles. The van der Waals surface area contributed by atoms with E-state index in [2.05, 4.69) is 10.2 Å². The van der Waals surface area contributed by atoms with Crippen molar-refractivity contribution in [2.45, 2.75) is 13.0 Å². The summed E-state index contributed by atoms with van der Waals surface area (Å²) in [6, 6.07) is 0. The number of nitrogens with one attached hydrogen (secondary N) is 1. The second-order valence-corrected chi connectivity index (χ2v) is 3.24. The van der Waals surface area contributed by atoms with Crippen LogP contribution in [0.25, 0.3) is 0 Å². The van der Waals surface area contributed by atoms with Crippen molar-refractivity contribution >= 4 is 5.91 Å². The van der Waals surface area contributed by atoms with Crippen molar-refractivity contribution in [2.24, 2.45) is 0 Å². The third-order valence-corrected chi connectivity index (χ3v) is 2.07. The van der Waals surface area contributed by atoms with Crippen LogP contribution in [0.2, 0.25) is 0 Å². The van der Waals surface area contributed by atoms with Crippen LogP contribution >= 0.6 is 0 Å². The number of aromatic amines is 1. The summed E-state index contributed by atoms with van der Waals surface area (Å²) in [7, 11) is 0. The molecule has 0 aromatic carbocycles. The first kappa shape index (κ1) is 9.17. The minimum absolute atomic E-state index is 0.166. The van der Waals surface area contributed by atoms with Gasteiger partial charge in [-0.1, -0.05) is 0 Å². The fourth-order valence-corrected chi connectivity index (χ4v) is 1.30. The minimum Gasteiger partial charge on any atom is -0.389 e. The second-order valence-electron chi connectivity index (χ2n) is 3.24. The molecule has 2 heterocycles. The average Bonchev–Trinajstić information content (AvgIpc) is 2.73. The summed E-state index contributed by atoms with van der Waals surface area (Å²) in [5, 5.41) is 16.7. The quantitative estimate of drug-likeness (QED) is 0.634. The normalized spacial score (nSPS) is 21.6. The minimum atomic E-state index is -0.595. The Morgan fingerprint density at radius 3 is 3.14 bits per heavy atom. The Labute approximate surface area is 80.4 Å². The maximum absolute atomic E-state index is 11.7. The van der Waals surface area contributed by atoms with E-state index < -0.39 is 6.10 Å². The highest BCUT2D eigenvalue weighted by Gasteiger charge is 2.28. The van der Waals surface area contributed by atoms with E-state index in [-0.39, 0.29) is 19.1 Å². The number of aryl methyl sites for hydroxylation is 1. The number of hydrogen-bond donors (Lipinski definition) is 2. The molecule has 1 saturated heterocycles. The number of hydrogen-bond acceptors (Lipinski definition) is 4. The first-order valence-electron chi connectivity index (χ1n) is 4.31. The number of β-amino-alcohol motifs (C(OH)–C–C–N with tert-alkyl or cyclic N) is 1. The van der Waals surface area contributed by atoms with Gasteiger partial charge in [-0.15, -0.1) is 0 Å². The zero-order chi connectivity index (χ0) is 10.1. The van der Waals surface area contributed by atoms with Crippen LogP contribution in [0.1, 0.15) is 16.1 Å². The third-order valence-electron chi connectivity index (χ3n) is 2.07. The van der Waals surface area contributed by atoms with E-state index in [4.69, 9.17) is 4.84 Å². The van der Waals surface area contributed by atoms with Gasteiger partial charge in [0.25, 0.3) is 5.91 Å². The number of amides is 1. The summed E-state index contributed by atoms with van der Waals surface area (Å²) < 4.78 is 0. The monoisotopic (exact) mass is 197 g/mol. The van der Waals surface area contributed by atoms with Gasteiger partial charge < -0.3 is 5.11 Å². The Bertz CT molecular complexity index is 349. The number of aliphatic hydroxyl groups excluding tert-OH is 1. The lowest BCUT2D eigenvalue weighted by molar-refractivity contribution is -0.0783. The molecule has 1 amide bonds. The molecule has 0 aliphatic carbocycles. The molecule has 2 N–H and O–H groups in total. The number of hydroxylamine groups is 2. The summed E-state index contributed by atoms with van der Waals surface area (Å²) in [4.78, 5) is 16.7. The van der Waals surface area contributed by atoms with Gasteiger partial charge in [-0.2, -0.15) is 5.10 Å². The van der Waals surface area contributed by atoms with Crippen LogP contribution in [-0.4, -0.2) is 45.5 Å². The van der Waals surface area contributed by atoms with E-state index in [1.807, 2.05) is 0 Å².